The molecule has 0 aliphatic rings. The number of carbonyl (C=O) groups is 1. The number of ether oxygens (including phenoxy) is 1. The minimum Gasteiger partial charge on any atom is -0.494 e. The quantitative estimate of drug-likeness (QED) is 0.830. The fourth-order valence-corrected chi connectivity index (χ4v) is 1.98. The molecule has 1 aromatic heterocycles. The van der Waals surface area contributed by atoms with Crippen molar-refractivity contribution in [3.8, 4) is 5.75 Å². The number of nitrogen functional groups attached to an aromatic ring is 1. The van der Waals surface area contributed by atoms with Gasteiger partial charge < -0.3 is 10.5 Å². The summed E-state index contributed by atoms with van der Waals surface area (Å²) in [6, 6.07) is 4.94. The van der Waals surface area contributed by atoms with Crippen LogP contribution in [0.4, 0.5) is 10.8 Å². The summed E-state index contributed by atoms with van der Waals surface area (Å²) in [5.74, 6) is 0.333. The highest BCUT2D eigenvalue weighted by molar-refractivity contribution is 7.13. The van der Waals surface area contributed by atoms with Crippen molar-refractivity contribution >= 4 is 28.1 Å². The zero-order chi connectivity index (χ0) is 13.0. The maximum absolute atomic E-state index is 12.0. The molecule has 0 unspecified atom stereocenters. The molecular formula is C12H13N3O2S. The van der Waals surface area contributed by atoms with E-state index in [0.29, 0.717) is 28.7 Å². The number of nitrogens with two attached hydrogens (primary N) is 1. The van der Waals surface area contributed by atoms with Gasteiger partial charge in [-0.25, -0.2) is 4.98 Å². The summed E-state index contributed by atoms with van der Waals surface area (Å²) in [6.45, 7) is 2.40. The molecule has 1 heterocycles. The Morgan fingerprint density at radius 2 is 2.33 bits per heavy atom. The van der Waals surface area contributed by atoms with Crippen LogP contribution >= 0.6 is 11.3 Å². The van der Waals surface area contributed by atoms with Crippen LogP contribution in [0, 0.1) is 0 Å². The van der Waals surface area contributed by atoms with Crippen molar-refractivity contribution in [3.63, 3.8) is 0 Å². The molecule has 1 amide bonds. The predicted octanol–water partition coefficient (Wildman–Crippen LogP) is 2.38. The van der Waals surface area contributed by atoms with E-state index in [2.05, 4.69) is 10.3 Å². The van der Waals surface area contributed by atoms with E-state index in [-0.39, 0.29) is 5.91 Å². The highest BCUT2D eigenvalue weighted by atomic mass is 32.1. The van der Waals surface area contributed by atoms with Crippen molar-refractivity contribution in [1.29, 1.82) is 0 Å². The number of anilines is 2. The van der Waals surface area contributed by atoms with Crippen molar-refractivity contribution < 1.29 is 9.53 Å². The third-order valence-electron chi connectivity index (χ3n) is 2.15. The molecule has 0 bridgehead atoms. The Morgan fingerprint density at radius 3 is 3.00 bits per heavy atom. The van der Waals surface area contributed by atoms with Crippen molar-refractivity contribution in [2.75, 3.05) is 17.7 Å². The number of aromatic nitrogens is 1. The van der Waals surface area contributed by atoms with Crippen molar-refractivity contribution in [3.05, 3.63) is 35.3 Å². The van der Waals surface area contributed by atoms with E-state index in [9.17, 15) is 4.79 Å². The summed E-state index contributed by atoms with van der Waals surface area (Å²) in [5.41, 5.74) is 6.67. The van der Waals surface area contributed by atoms with E-state index in [0.717, 1.165) is 0 Å². The maximum Gasteiger partial charge on any atom is 0.257 e. The van der Waals surface area contributed by atoms with Gasteiger partial charge in [0.25, 0.3) is 5.91 Å². The lowest BCUT2D eigenvalue weighted by molar-refractivity contribution is 0.102. The first-order valence-corrected chi connectivity index (χ1v) is 6.31. The van der Waals surface area contributed by atoms with E-state index in [1.54, 1.807) is 29.8 Å². The van der Waals surface area contributed by atoms with E-state index >= 15 is 0 Å². The molecule has 0 saturated carbocycles. The Bertz CT molecular complexity index is 540. The van der Waals surface area contributed by atoms with Crippen LogP contribution < -0.4 is 15.8 Å². The van der Waals surface area contributed by atoms with Gasteiger partial charge >= 0.3 is 0 Å². The second-order valence-corrected chi connectivity index (χ2v) is 4.41. The van der Waals surface area contributed by atoms with E-state index in [1.807, 2.05) is 6.92 Å². The van der Waals surface area contributed by atoms with Gasteiger partial charge in [-0.1, -0.05) is 0 Å². The molecule has 1 aromatic carbocycles. The first-order chi connectivity index (χ1) is 8.69. The molecule has 0 radical (unpaired) electrons. The summed E-state index contributed by atoms with van der Waals surface area (Å²) in [6.07, 6.45) is 1.63. The number of thiazole rings is 1. The molecule has 0 fully saturated rings. The number of amides is 1. The largest absolute Gasteiger partial charge is 0.494 e. The van der Waals surface area contributed by atoms with E-state index < -0.39 is 0 Å². The van der Waals surface area contributed by atoms with Crippen molar-refractivity contribution in [1.82, 2.24) is 4.98 Å². The highest BCUT2D eigenvalue weighted by Crippen LogP contribution is 2.20. The number of hydrogen-bond donors (Lipinski definition) is 2. The van der Waals surface area contributed by atoms with Gasteiger partial charge in [-0.15, -0.1) is 11.3 Å². The number of carbonyl (C=O) groups excluding carboxylic acids is 1. The monoisotopic (exact) mass is 263 g/mol. The lowest BCUT2D eigenvalue weighted by atomic mass is 10.2. The molecule has 0 atom stereocenters. The first kappa shape index (κ1) is 12.4. The first-order valence-electron chi connectivity index (χ1n) is 5.43. The van der Waals surface area contributed by atoms with Crippen LogP contribution in [0.2, 0.25) is 0 Å². The summed E-state index contributed by atoms with van der Waals surface area (Å²) in [4.78, 5) is 16.0. The standard InChI is InChI=1S/C12H13N3O2S/c1-2-17-10-6-8(5-9(13)7-10)11(16)15-12-14-3-4-18-12/h3-7H,2,13H2,1H3,(H,14,15,16). The number of nitrogens with zero attached hydrogens (tertiary/aromatic N) is 1. The molecule has 0 aliphatic carbocycles. The SMILES string of the molecule is CCOc1cc(N)cc(C(=O)Nc2nccs2)c1. The number of nitrogens with one attached hydrogen (secondary N) is 1. The van der Waals surface area contributed by atoms with Gasteiger partial charge in [0, 0.05) is 28.9 Å². The third kappa shape index (κ3) is 2.98. The van der Waals surface area contributed by atoms with Crippen molar-refractivity contribution in [2.24, 2.45) is 0 Å². The molecule has 3 N–H and O–H groups in total. The highest BCUT2D eigenvalue weighted by Gasteiger charge is 2.10. The van der Waals surface area contributed by atoms with Crippen LogP contribution in [0.3, 0.4) is 0 Å². The summed E-state index contributed by atoms with van der Waals surface area (Å²) in [5, 5.41) is 5.04. The minimum absolute atomic E-state index is 0.252. The molecule has 5 nitrogen and oxygen atoms in total. The Morgan fingerprint density at radius 1 is 1.50 bits per heavy atom. The zero-order valence-corrected chi connectivity index (χ0v) is 10.7. The molecule has 18 heavy (non-hydrogen) atoms. The number of rotatable bonds is 4. The normalized spacial score (nSPS) is 10.1. The average molecular weight is 263 g/mol. The van der Waals surface area contributed by atoms with Crippen molar-refractivity contribution in [2.45, 2.75) is 6.92 Å². The fourth-order valence-electron chi connectivity index (χ4n) is 1.46. The molecule has 2 aromatic rings. The van der Waals surface area contributed by atoms with Crippen LogP contribution in [0.25, 0.3) is 0 Å². The molecule has 6 heteroatoms. The second kappa shape index (κ2) is 5.50. The Balaban J connectivity index is 2.19. The molecule has 0 spiro atoms. The Hall–Kier alpha value is -2.08. The van der Waals surface area contributed by atoms with Crippen LogP contribution in [-0.4, -0.2) is 17.5 Å². The van der Waals surface area contributed by atoms with Crippen LogP contribution in [-0.2, 0) is 0 Å². The van der Waals surface area contributed by atoms with E-state index in [4.69, 9.17) is 10.5 Å². The second-order valence-electron chi connectivity index (χ2n) is 3.52. The molecule has 0 aliphatic heterocycles. The molecule has 94 valence electrons. The lowest BCUT2D eigenvalue weighted by Crippen LogP contribution is -2.12. The molecular weight excluding hydrogens is 250 g/mol. The summed E-state index contributed by atoms with van der Waals surface area (Å²) in [7, 11) is 0. The predicted molar refractivity (Wildman–Crippen MR) is 72.1 cm³/mol. The molecule has 2 rings (SSSR count). The van der Waals surface area contributed by atoms with E-state index in [1.165, 1.54) is 11.3 Å². The third-order valence-corrected chi connectivity index (χ3v) is 2.84. The minimum atomic E-state index is -0.252. The van der Waals surface area contributed by atoms with Gasteiger partial charge in [0.15, 0.2) is 5.13 Å². The summed E-state index contributed by atoms with van der Waals surface area (Å²) >= 11 is 1.36. The number of benzene rings is 1. The van der Waals surface area contributed by atoms with Crippen LogP contribution in [0.15, 0.2) is 29.8 Å². The fraction of sp³-hybridized carbons (Fsp3) is 0.167. The lowest BCUT2D eigenvalue weighted by Gasteiger charge is -2.07. The summed E-state index contributed by atoms with van der Waals surface area (Å²) < 4.78 is 5.34. The maximum atomic E-state index is 12.0. The van der Waals surface area contributed by atoms with Crippen LogP contribution in [0.1, 0.15) is 17.3 Å². The van der Waals surface area contributed by atoms with Crippen LogP contribution in [0.5, 0.6) is 5.75 Å². The average Bonchev–Trinajstić information content (AvgIpc) is 2.81. The van der Waals surface area contributed by atoms with Gasteiger partial charge in [0.1, 0.15) is 5.75 Å². The van der Waals surface area contributed by atoms with Gasteiger partial charge in [-0.3, -0.25) is 10.1 Å². The topological polar surface area (TPSA) is 77.2 Å². The van der Waals surface area contributed by atoms with Gasteiger partial charge in [-0.2, -0.15) is 0 Å². The zero-order valence-electron chi connectivity index (χ0n) is 9.84. The van der Waals surface area contributed by atoms with Gasteiger partial charge in [-0.05, 0) is 19.1 Å². The smallest absolute Gasteiger partial charge is 0.257 e. The van der Waals surface area contributed by atoms with Gasteiger partial charge in [0.2, 0.25) is 0 Å². The Labute approximate surface area is 109 Å². The number of hydrogen-bond acceptors (Lipinski definition) is 5. The Kier molecular flexibility index (Phi) is 3.78. The molecule has 0 saturated heterocycles. The van der Waals surface area contributed by atoms with Gasteiger partial charge in [0.05, 0.1) is 6.61 Å².